The van der Waals surface area contributed by atoms with Gasteiger partial charge in [-0.05, 0) is 22.9 Å². The Labute approximate surface area is 123 Å². The predicted octanol–water partition coefficient (Wildman–Crippen LogP) is 2.55. The molecule has 0 saturated carbocycles. The van der Waals surface area contributed by atoms with Crippen LogP contribution >= 0.6 is 0 Å². The molecular weight excluding hydrogens is 268 g/mol. The highest BCUT2D eigenvalue weighted by Gasteiger charge is 2.16. The number of carbonyl (C=O) groups excluding carboxylic acids is 2. The average Bonchev–Trinajstić information content (AvgIpc) is 2.50. The van der Waals surface area contributed by atoms with Crippen molar-refractivity contribution in [3.63, 3.8) is 0 Å². The van der Waals surface area contributed by atoms with Gasteiger partial charge in [-0.3, -0.25) is 9.69 Å². The Balaban J connectivity index is 2.25. The lowest BCUT2D eigenvalue weighted by Gasteiger charge is -2.21. The van der Waals surface area contributed by atoms with Gasteiger partial charge in [-0.2, -0.15) is 0 Å². The summed E-state index contributed by atoms with van der Waals surface area (Å²) in [6.07, 6.45) is -0.448. The summed E-state index contributed by atoms with van der Waals surface area (Å²) in [7, 11) is 1.34. The Kier molecular flexibility index (Phi) is 4.77. The second-order valence-corrected chi connectivity index (χ2v) is 4.64. The van der Waals surface area contributed by atoms with Crippen molar-refractivity contribution in [1.29, 1.82) is 0 Å². The van der Waals surface area contributed by atoms with E-state index in [1.807, 2.05) is 42.5 Å². The van der Waals surface area contributed by atoms with Gasteiger partial charge in [0.25, 0.3) is 0 Å². The molecule has 0 aliphatic carbocycles. The summed E-state index contributed by atoms with van der Waals surface area (Å²) in [6, 6.07) is 13.7. The zero-order valence-electron chi connectivity index (χ0n) is 12.1. The molecular formula is C16H18N2O3. The summed E-state index contributed by atoms with van der Waals surface area (Å²) in [5.41, 5.74) is 0.742. The van der Waals surface area contributed by atoms with Crippen molar-refractivity contribution in [1.82, 2.24) is 5.32 Å². The molecule has 5 nitrogen and oxygen atoms in total. The number of hydrogen-bond acceptors (Lipinski definition) is 3. The number of amides is 2. The van der Waals surface area contributed by atoms with Crippen molar-refractivity contribution in [2.75, 3.05) is 25.1 Å². The SMILES string of the molecule is COC(=O)N(CCNC(C)=O)c1ccc2ccccc2c1. The van der Waals surface area contributed by atoms with Gasteiger partial charge in [0.1, 0.15) is 0 Å². The monoisotopic (exact) mass is 286 g/mol. The Morgan fingerprint density at radius 1 is 1.14 bits per heavy atom. The topological polar surface area (TPSA) is 58.6 Å². The van der Waals surface area contributed by atoms with Crippen LogP contribution in [0, 0.1) is 0 Å². The second-order valence-electron chi connectivity index (χ2n) is 4.64. The van der Waals surface area contributed by atoms with Gasteiger partial charge in [0.05, 0.1) is 7.11 Å². The maximum Gasteiger partial charge on any atom is 0.414 e. The predicted molar refractivity (Wildman–Crippen MR) is 82.4 cm³/mol. The first kappa shape index (κ1) is 14.8. The summed E-state index contributed by atoms with van der Waals surface area (Å²) in [4.78, 5) is 24.3. The maximum absolute atomic E-state index is 11.9. The Morgan fingerprint density at radius 2 is 1.86 bits per heavy atom. The van der Waals surface area contributed by atoms with E-state index in [0.717, 1.165) is 16.5 Å². The van der Waals surface area contributed by atoms with E-state index >= 15 is 0 Å². The van der Waals surface area contributed by atoms with E-state index in [1.165, 1.54) is 18.9 Å². The number of anilines is 1. The third-order valence-corrected chi connectivity index (χ3v) is 3.15. The van der Waals surface area contributed by atoms with Crippen molar-refractivity contribution in [3.8, 4) is 0 Å². The lowest BCUT2D eigenvalue weighted by molar-refractivity contribution is -0.118. The summed E-state index contributed by atoms with van der Waals surface area (Å²) < 4.78 is 4.81. The number of benzene rings is 2. The van der Waals surface area contributed by atoms with Crippen LogP contribution in [0.1, 0.15) is 6.92 Å². The number of rotatable bonds is 4. The molecule has 0 aliphatic heterocycles. The largest absolute Gasteiger partial charge is 0.452 e. The number of ether oxygens (including phenoxy) is 1. The number of methoxy groups -OCH3 is 1. The minimum absolute atomic E-state index is 0.127. The second kappa shape index (κ2) is 6.74. The summed E-state index contributed by atoms with van der Waals surface area (Å²) in [5, 5.41) is 4.82. The molecule has 2 rings (SSSR count). The number of nitrogens with one attached hydrogen (secondary N) is 1. The van der Waals surface area contributed by atoms with E-state index in [9.17, 15) is 9.59 Å². The van der Waals surface area contributed by atoms with Crippen LogP contribution in [-0.2, 0) is 9.53 Å². The minimum Gasteiger partial charge on any atom is -0.452 e. The highest BCUT2D eigenvalue weighted by atomic mass is 16.5. The Bertz CT molecular complexity index is 655. The molecule has 0 aliphatic rings. The molecule has 0 unspecified atom stereocenters. The van der Waals surface area contributed by atoms with Crippen LogP contribution in [0.25, 0.3) is 10.8 Å². The Hall–Kier alpha value is -2.56. The molecule has 0 bridgehead atoms. The molecule has 0 spiro atoms. The quantitative estimate of drug-likeness (QED) is 0.939. The van der Waals surface area contributed by atoms with Gasteiger partial charge in [0, 0.05) is 25.7 Å². The molecule has 0 saturated heterocycles. The number of fused-ring (bicyclic) bond motifs is 1. The van der Waals surface area contributed by atoms with Crippen molar-refractivity contribution in [3.05, 3.63) is 42.5 Å². The first-order chi connectivity index (χ1) is 10.1. The third-order valence-electron chi connectivity index (χ3n) is 3.15. The number of hydrogen-bond donors (Lipinski definition) is 1. The molecule has 2 amide bonds. The number of carbonyl (C=O) groups is 2. The van der Waals surface area contributed by atoms with Crippen molar-refractivity contribution >= 4 is 28.5 Å². The fourth-order valence-electron chi connectivity index (χ4n) is 2.12. The van der Waals surface area contributed by atoms with Crippen molar-refractivity contribution in [2.45, 2.75) is 6.92 Å². The molecule has 2 aromatic carbocycles. The van der Waals surface area contributed by atoms with Gasteiger partial charge in [0.15, 0.2) is 0 Å². The maximum atomic E-state index is 11.9. The van der Waals surface area contributed by atoms with Crippen LogP contribution in [0.2, 0.25) is 0 Å². The lowest BCUT2D eigenvalue weighted by atomic mass is 10.1. The van der Waals surface area contributed by atoms with Crippen molar-refractivity contribution in [2.24, 2.45) is 0 Å². The van der Waals surface area contributed by atoms with Gasteiger partial charge in [-0.1, -0.05) is 30.3 Å². The highest BCUT2D eigenvalue weighted by molar-refractivity contribution is 5.92. The van der Waals surface area contributed by atoms with Crippen molar-refractivity contribution < 1.29 is 14.3 Å². The standard InChI is InChI=1S/C16H18N2O3/c1-12(19)17-9-10-18(16(20)21-2)15-8-7-13-5-3-4-6-14(13)11-15/h3-8,11H,9-10H2,1-2H3,(H,17,19). The van der Waals surface area contributed by atoms with Gasteiger partial charge in [0.2, 0.25) is 5.91 Å². The van der Waals surface area contributed by atoms with Crippen LogP contribution in [0.3, 0.4) is 0 Å². The first-order valence-electron chi connectivity index (χ1n) is 6.70. The fraction of sp³-hybridized carbons (Fsp3) is 0.250. The zero-order chi connectivity index (χ0) is 15.2. The van der Waals surface area contributed by atoms with Crippen LogP contribution in [-0.4, -0.2) is 32.2 Å². The normalized spacial score (nSPS) is 10.2. The minimum atomic E-state index is -0.448. The third kappa shape index (κ3) is 3.72. The fourth-order valence-corrected chi connectivity index (χ4v) is 2.12. The van der Waals surface area contributed by atoms with E-state index < -0.39 is 6.09 Å². The highest BCUT2D eigenvalue weighted by Crippen LogP contribution is 2.22. The van der Waals surface area contributed by atoms with Gasteiger partial charge in [-0.25, -0.2) is 4.79 Å². The molecule has 5 heteroatoms. The zero-order valence-corrected chi connectivity index (χ0v) is 12.1. The lowest BCUT2D eigenvalue weighted by Crippen LogP contribution is -2.38. The molecule has 0 heterocycles. The van der Waals surface area contributed by atoms with Gasteiger partial charge in [-0.15, -0.1) is 0 Å². The Morgan fingerprint density at radius 3 is 2.52 bits per heavy atom. The van der Waals surface area contributed by atoms with Crippen LogP contribution in [0.15, 0.2) is 42.5 Å². The van der Waals surface area contributed by atoms with Crippen LogP contribution in [0.5, 0.6) is 0 Å². The average molecular weight is 286 g/mol. The first-order valence-corrected chi connectivity index (χ1v) is 6.70. The smallest absolute Gasteiger partial charge is 0.414 e. The van der Waals surface area contributed by atoms with Crippen LogP contribution < -0.4 is 10.2 Å². The molecule has 1 N–H and O–H groups in total. The number of nitrogens with zero attached hydrogens (tertiary/aromatic N) is 1. The summed E-state index contributed by atoms with van der Waals surface area (Å²) >= 11 is 0. The van der Waals surface area contributed by atoms with Gasteiger partial charge >= 0.3 is 6.09 Å². The molecule has 0 atom stereocenters. The van der Waals surface area contributed by atoms with E-state index in [1.54, 1.807) is 0 Å². The molecule has 0 fully saturated rings. The molecule has 0 radical (unpaired) electrons. The molecule has 2 aromatic rings. The molecule has 110 valence electrons. The van der Waals surface area contributed by atoms with E-state index in [-0.39, 0.29) is 5.91 Å². The van der Waals surface area contributed by atoms with E-state index in [2.05, 4.69) is 5.32 Å². The van der Waals surface area contributed by atoms with Gasteiger partial charge < -0.3 is 10.1 Å². The van der Waals surface area contributed by atoms with E-state index in [4.69, 9.17) is 4.74 Å². The molecule has 21 heavy (non-hydrogen) atoms. The van der Waals surface area contributed by atoms with Crippen LogP contribution in [0.4, 0.5) is 10.5 Å². The molecule has 0 aromatic heterocycles. The summed E-state index contributed by atoms with van der Waals surface area (Å²) in [5.74, 6) is -0.127. The van der Waals surface area contributed by atoms with E-state index in [0.29, 0.717) is 13.1 Å². The summed E-state index contributed by atoms with van der Waals surface area (Å²) in [6.45, 7) is 2.17.